The minimum atomic E-state index is -2.94. The Balaban J connectivity index is 1.65. The van der Waals surface area contributed by atoms with Crippen molar-refractivity contribution in [2.45, 2.75) is 25.9 Å². The molecule has 0 aromatic heterocycles. The van der Waals surface area contributed by atoms with Gasteiger partial charge in [0.05, 0.1) is 5.69 Å². The van der Waals surface area contributed by atoms with Gasteiger partial charge >= 0.3 is 12.6 Å². The van der Waals surface area contributed by atoms with Gasteiger partial charge in [-0.1, -0.05) is 12.1 Å². The van der Waals surface area contributed by atoms with Crippen molar-refractivity contribution in [1.29, 1.82) is 0 Å². The van der Waals surface area contributed by atoms with E-state index in [-0.39, 0.29) is 11.4 Å². The second-order valence-corrected chi connectivity index (χ2v) is 5.13. The maximum Gasteiger partial charge on any atom is 0.387 e. The first kappa shape index (κ1) is 16.5. The van der Waals surface area contributed by atoms with E-state index in [4.69, 9.17) is 4.74 Å². The van der Waals surface area contributed by atoms with Crippen molar-refractivity contribution < 1.29 is 23.0 Å². The Bertz CT molecular complexity index is 482. The van der Waals surface area contributed by atoms with Crippen LogP contribution >= 0.6 is 0 Å². The van der Waals surface area contributed by atoms with E-state index < -0.39 is 12.6 Å². The Morgan fingerprint density at radius 3 is 2.82 bits per heavy atom. The summed E-state index contributed by atoms with van der Waals surface area (Å²) in [4.78, 5) is 11.7. The predicted octanol–water partition coefficient (Wildman–Crippen LogP) is 3.23. The lowest BCUT2D eigenvalue weighted by Gasteiger charge is -2.12. The third-order valence-electron chi connectivity index (χ3n) is 3.15. The zero-order chi connectivity index (χ0) is 15.8. The van der Waals surface area contributed by atoms with Gasteiger partial charge in [0.25, 0.3) is 0 Å². The van der Waals surface area contributed by atoms with Crippen molar-refractivity contribution in [3.8, 4) is 5.75 Å². The van der Waals surface area contributed by atoms with Crippen LogP contribution in [0, 0.1) is 5.92 Å². The van der Waals surface area contributed by atoms with E-state index in [9.17, 15) is 13.6 Å². The van der Waals surface area contributed by atoms with E-state index in [1.54, 1.807) is 12.1 Å². The normalized spacial score (nSPS) is 14.0. The summed E-state index contributed by atoms with van der Waals surface area (Å²) in [6, 6.07) is 5.58. The molecule has 1 aromatic carbocycles. The highest BCUT2D eigenvalue weighted by Crippen LogP contribution is 2.28. The number of benzene rings is 1. The summed E-state index contributed by atoms with van der Waals surface area (Å²) < 4.78 is 34.3. The quantitative estimate of drug-likeness (QED) is 0.688. The summed E-state index contributed by atoms with van der Waals surface area (Å²) in [5.74, 6) is 0.656. The van der Waals surface area contributed by atoms with Crippen LogP contribution in [0.2, 0.25) is 0 Å². The van der Waals surface area contributed by atoms with Gasteiger partial charge in [-0.3, -0.25) is 0 Å². The number of amides is 2. The van der Waals surface area contributed by atoms with E-state index in [1.165, 1.54) is 25.0 Å². The Labute approximate surface area is 128 Å². The summed E-state index contributed by atoms with van der Waals surface area (Å²) in [6.07, 6.45) is 3.21. The van der Waals surface area contributed by atoms with Crippen LogP contribution in [0.25, 0.3) is 0 Å². The highest BCUT2D eigenvalue weighted by Gasteiger charge is 2.20. The van der Waals surface area contributed by atoms with Gasteiger partial charge in [-0.25, -0.2) is 4.79 Å². The molecule has 0 unspecified atom stereocenters. The molecule has 0 atom stereocenters. The van der Waals surface area contributed by atoms with Gasteiger partial charge in [-0.05, 0) is 37.3 Å². The number of para-hydroxylation sites is 2. The number of hydrogen-bond acceptors (Lipinski definition) is 3. The van der Waals surface area contributed by atoms with Crippen molar-refractivity contribution in [2.24, 2.45) is 5.92 Å². The SMILES string of the molecule is O=C(NCCCOCC1CC1)Nc1ccccc1OC(F)F. The smallest absolute Gasteiger partial charge is 0.387 e. The number of nitrogens with one attached hydrogen (secondary N) is 2. The van der Waals surface area contributed by atoms with Crippen molar-refractivity contribution in [2.75, 3.05) is 25.1 Å². The number of hydrogen-bond donors (Lipinski definition) is 2. The molecular formula is C15H20F2N2O3. The van der Waals surface area contributed by atoms with E-state index in [0.717, 1.165) is 12.5 Å². The van der Waals surface area contributed by atoms with Crippen LogP contribution in [0.4, 0.5) is 19.3 Å². The van der Waals surface area contributed by atoms with Crippen LogP contribution in [0.3, 0.4) is 0 Å². The maximum absolute atomic E-state index is 12.3. The summed E-state index contributed by atoms with van der Waals surface area (Å²) in [5, 5.41) is 5.13. The largest absolute Gasteiger partial charge is 0.433 e. The topological polar surface area (TPSA) is 59.6 Å². The average molecular weight is 314 g/mol. The highest BCUT2D eigenvalue weighted by atomic mass is 19.3. The van der Waals surface area contributed by atoms with Crippen molar-refractivity contribution in [1.82, 2.24) is 5.32 Å². The number of carbonyl (C=O) groups is 1. The average Bonchev–Trinajstić information content (AvgIpc) is 3.28. The molecule has 0 spiro atoms. The summed E-state index contributed by atoms with van der Waals surface area (Å²) >= 11 is 0. The standard InChI is InChI=1S/C15H20F2N2O3/c16-14(17)22-13-5-2-1-4-12(13)19-15(20)18-8-3-9-21-10-11-6-7-11/h1-2,4-5,11,14H,3,6-10H2,(H2,18,19,20). The Kier molecular flexibility index (Phi) is 6.39. The number of alkyl halides is 2. The lowest BCUT2D eigenvalue weighted by atomic mass is 10.3. The molecule has 0 bridgehead atoms. The Morgan fingerprint density at radius 1 is 1.32 bits per heavy atom. The molecule has 122 valence electrons. The fraction of sp³-hybridized carbons (Fsp3) is 0.533. The van der Waals surface area contributed by atoms with Crippen LogP contribution in [0.1, 0.15) is 19.3 Å². The Morgan fingerprint density at radius 2 is 2.09 bits per heavy atom. The molecule has 2 amide bonds. The second kappa shape index (κ2) is 8.53. The van der Waals surface area contributed by atoms with E-state index in [2.05, 4.69) is 15.4 Å². The predicted molar refractivity (Wildman–Crippen MR) is 78.3 cm³/mol. The second-order valence-electron chi connectivity index (χ2n) is 5.13. The number of urea groups is 1. The lowest BCUT2D eigenvalue weighted by Crippen LogP contribution is -2.30. The summed E-state index contributed by atoms with van der Waals surface area (Å²) in [7, 11) is 0. The monoisotopic (exact) mass is 314 g/mol. The molecule has 2 rings (SSSR count). The van der Waals surface area contributed by atoms with E-state index in [0.29, 0.717) is 19.6 Å². The number of anilines is 1. The Hall–Kier alpha value is -1.89. The van der Waals surface area contributed by atoms with E-state index in [1.807, 2.05) is 0 Å². The first-order valence-electron chi connectivity index (χ1n) is 7.31. The molecule has 0 saturated heterocycles. The van der Waals surface area contributed by atoms with Crippen LogP contribution < -0.4 is 15.4 Å². The molecule has 1 saturated carbocycles. The number of ether oxygens (including phenoxy) is 2. The van der Waals surface area contributed by atoms with Gasteiger partial charge in [0.1, 0.15) is 5.75 Å². The van der Waals surface area contributed by atoms with Gasteiger partial charge in [-0.15, -0.1) is 0 Å². The number of carbonyl (C=O) groups excluding carboxylic acids is 1. The first-order chi connectivity index (χ1) is 10.6. The molecule has 0 aliphatic heterocycles. The van der Waals surface area contributed by atoms with Gasteiger partial charge in [-0.2, -0.15) is 8.78 Å². The van der Waals surface area contributed by atoms with Crippen LogP contribution in [-0.4, -0.2) is 32.4 Å². The third kappa shape index (κ3) is 6.26. The van der Waals surface area contributed by atoms with Crippen LogP contribution in [0.15, 0.2) is 24.3 Å². The molecule has 1 fully saturated rings. The van der Waals surface area contributed by atoms with Gasteiger partial charge in [0.2, 0.25) is 0 Å². The number of halogens is 2. The van der Waals surface area contributed by atoms with Crippen molar-refractivity contribution in [3.05, 3.63) is 24.3 Å². The fourth-order valence-electron chi connectivity index (χ4n) is 1.85. The molecule has 1 aliphatic rings. The molecule has 22 heavy (non-hydrogen) atoms. The van der Waals surface area contributed by atoms with Gasteiger partial charge in [0, 0.05) is 19.8 Å². The zero-order valence-corrected chi connectivity index (χ0v) is 12.2. The summed E-state index contributed by atoms with van der Waals surface area (Å²) in [6.45, 7) is -1.09. The molecule has 7 heteroatoms. The molecule has 1 aromatic rings. The molecule has 1 aliphatic carbocycles. The third-order valence-corrected chi connectivity index (χ3v) is 3.15. The molecule has 0 radical (unpaired) electrons. The van der Waals surface area contributed by atoms with Gasteiger partial charge < -0.3 is 20.1 Å². The fourth-order valence-corrected chi connectivity index (χ4v) is 1.85. The highest BCUT2D eigenvalue weighted by molar-refractivity contribution is 5.90. The molecule has 2 N–H and O–H groups in total. The van der Waals surface area contributed by atoms with Crippen LogP contribution in [-0.2, 0) is 4.74 Å². The minimum absolute atomic E-state index is 0.0691. The number of rotatable bonds is 9. The maximum atomic E-state index is 12.3. The molecular weight excluding hydrogens is 294 g/mol. The zero-order valence-electron chi connectivity index (χ0n) is 12.2. The minimum Gasteiger partial charge on any atom is -0.433 e. The van der Waals surface area contributed by atoms with Crippen molar-refractivity contribution >= 4 is 11.7 Å². The van der Waals surface area contributed by atoms with Crippen LogP contribution in [0.5, 0.6) is 5.75 Å². The van der Waals surface area contributed by atoms with Crippen molar-refractivity contribution in [3.63, 3.8) is 0 Å². The first-order valence-corrected chi connectivity index (χ1v) is 7.31. The summed E-state index contributed by atoms with van der Waals surface area (Å²) in [5.41, 5.74) is 0.199. The molecule has 5 nitrogen and oxygen atoms in total. The lowest BCUT2D eigenvalue weighted by molar-refractivity contribution is -0.0493. The molecule has 0 heterocycles. The van der Waals surface area contributed by atoms with Gasteiger partial charge in [0.15, 0.2) is 0 Å². The van der Waals surface area contributed by atoms with E-state index >= 15 is 0 Å².